The van der Waals surface area contributed by atoms with Crippen molar-refractivity contribution >= 4 is 16.8 Å². The number of H-pyrrole nitrogens is 1. The molecular formula is C17H22N2O. The van der Waals surface area contributed by atoms with Crippen LogP contribution in [0.3, 0.4) is 0 Å². The number of nitrogens with one attached hydrogen (secondary N) is 1. The normalized spacial score (nSPS) is 16.8. The molecule has 0 bridgehead atoms. The van der Waals surface area contributed by atoms with E-state index in [-0.39, 0.29) is 5.91 Å². The number of fused-ring (bicyclic) bond motifs is 1. The van der Waals surface area contributed by atoms with Crippen LogP contribution in [-0.2, 0) is 11.2 Å². The molecule has 1 fully saturated rings. The molecule has 1 amide bonds. The standard InChI is InChI=1S/C17H22N2O/c1-2-13-7-9-19(10-8-13)17(20)11-14-12-18-16-6-4-3-5-15(14)16/h3-6,12-13,18H,2,7-11H2,1H3. The molecule has 0 spiro atoms. The number of nitrogens with zero attached hydrogens (tertiary/aromatic N) is 1. The van der Waals surface area contributed by atoms with Gasteiger partial charge in [0.05, 0.1) is 6.42 Å². The summed E-state index contributed by atoms with van der Waals surface area (Å²) in [7, 11) is 0. The third kappa shape index (κ3) is 2.58. The Hall–Kier alpha value is -1.77. The summed E-state index contributed by atoms with van der Waals surface area (Å²) in [5, 5.41) is 1.17. The van der Waals surface area contributed by atoms with Gasteiger partial charge in [-0.25, -0.2) is 0 Å². The minimum atomic E-state index is 0.268. The Labute approximate surface area is 120 Å². The number of amides is 1. The van der Waals surface area contributed by atoms with Gasteiger partial charge >= 0.3 is 0 Å². The van der Waals surface area contributed by atoms with Gasteiger partial charge in [-0.1, -0.05) is 31.5 Å². The zero-order chi connectivity index (χ0) is 13.9. The van der Waals surface area contributed by atoms with E-state index >= 15 is 0 Å². The Morgan fingerprint density at radius 1 is 1.30 bits per heavy atom. The molecule has 1 N–H and O–H groups in total. The van der Waals surface area contributed by atoms with Gasteiger partial charge in [-0.05, 0) is 30.4 Å². The van der Waals surface area contributed by atoms with E-state index < -0.39 is 0 Å². The van der Waals surface area contributed by atoms with Crippen molar-refractivity contribution in [1.82, 2.24) is 9.88 Å². The number of piperidine rings is 1. The van der Waals surface area contributed by atoms with Crippen LogP contribution in [0.2, 0.25) is 0 Å². The van der Waals surface area contributed by atoms with Gasteiger partial charge in [-0.15, -0.1) is 0 Å². The minimum absolute atomic E-state index is 0.268. The lowest BCUT2D eigenvalue weighted by Crippen LogP contribution is -2.39. The Morgan fingerprint density at radius 2 is 2.05 bits per heavy atom. The average molecular weight is 270 g/mol. The molecule has 3 heteroatoms. The summed E-state index contributed by atoms with van der Waals surface area (Å²) in [6, 6.07) is 8.17. The molecule has 1 aromatic heterocycles. The highest BCUT2D eigenvalue weighted by Gasteiger charge is 2.22. The van der Waals surface area contributed by atoms with Crippen LogP contribution in [0.15, 0.2) is 30.5 Å². The molecule has 20 heavy (non-hydrogen) atoms. The molecule has 3 nitrogen and oxygen atoms in total. The Balaban J connectivity index is 1.67. The first-order valence-electron chi connectivity index (χ1n) is 7.60. The van der Waals surface area contributed by atoms with E-state index in [2.05, 4.69) is 24.0 Å². The third-order valence-electron chi connectivity index (χ3n) is 4.56. The zero-order valence-electron chi connectivity index (χ0n) is 12.1. The van der Waals surface area contributed by atoms with Crippen molar-refractivity contribution in [2.75, 3.05) is 13.1 Å². The Bertz CT molecular complexity index is 594. The molecule has 0 atom stereocenters. The average Bonchev–Trinajstić information content (AvgIpc) is 2.91. The van der Waals surface area contributed by atoms with Crippen molar-refractivity contribution in [1.29, 1.82) is 0 Å². The van der Waals surface area contributed by atoms with Crippen LogP contribution in [0.25, 0.3) is 10.9 Å². The third-order valence-corrected chi connectivity index (χ3v) is 4.56. The fraction of sp³-hybridized carbons (Fsp3) is 0.471. The zero-order valence-corrected chi connectivity index (χ0v) is 12.1. The van der Waals surface area contributed by atoms with E-state index in [1.165, 1.54) is 11.8 Å². The second-order valence-corrected chi connectivity index (χ2v) is 5.77. The highest BCUT2D eigenvalue weighted by atomic mass is 16.2. The topological polar surface area (TPSA) is 36.1 Å². The van der Waals surface area contributed by atoms with Gasteiger partial charge in [0.2, 0.25) is 5.91 Å². The first-order chi connectivity index (χ1) is 9.78. The highest BCUT2D eigenvalue weighted by Crippen LogP contribution is 2.22. The number of para-hydroxylation sites is 1. The molecular weight excluding hydrogens is 248 g/mol. The van der Waals surface area contributed by atoms with Crippen LogP contribution < -0.4 is 0 Å². The van der Waals surface area contributed by atoms with Gasteiger partial charge in [-0.3, -0.25) is 4.79 Å². The summed E-state index contributed by atoms with van der Waals surface area (Å²) in [4.78, 5) is 17.7. The second-order valence-electron chi connectivity index (χ2n) is 5.77. The van der Waals surface area contributed by atoms with Crippen molar-refractivity contribution in [2.24, 2.45) is 5.92 Å². The number of aromatic amines is 1. The van der Waals surface area contributed by atoms with Crippen molar-refractivity contribution < 1.29 is 4.79 Å². The number of hydrogen-bond donors (Lipinski definition) is 1. The van der Waals surface area contributed by atoms with Gasteiger partial charge in [0.1, 0.15) is 0 Å². The van der Waals surface area contributed by atoms with Gasteiger partial charge in [0.25, 0.3) is 0 Å². The first-order valence-corrected chi connectivity index (χ1v) is 7.60. The summed E-state index contributed by atoms with van der Waals surface area (Å²) >= 11 is 0. The number of aromatic nitrogens is 1. The van der Waals surface area contributed by atoms with Crippen molar-refractivity contribution in [2.45, 2.75) is 32.6 Å². The van der Waals surface area contributed by atoms with E-state index in [0.29, 0.717) is 6.42 Å². The molecule has 1 aliphatic rings. The maximum absolute atomic E-state index is 12.4. The van der Waals surface area contributed by atoms with Crippen LogP contribution in [0, 0.1) is 5.92 Å². The minimum Gasteiger partial charge on any atom is -0.361 e. The van der Waals surface area contributed by atoms with Gasteiger partial charge in [0.15, 0.2) is 0 Å². The fourth-order valence-electron chi connectivity index (χ4n) is 3.14. The van der Waals surface area contributed by atoms with Crippen LogP contribution in [-0.4, -0.2) is 28.9 Å². The van der Waals surface area contributed by atoms with Crippen LogP contribution in [0.1, 0.15) is 31.7 Å². The van der Waals surface area contributed by atoms with E-state index in [1.807, 2.05) is 23.2 Å². The molecule has 1 aromatic carbocycles. The van der Waals surface area contributed by atoms with E-state index in [1.54, 1.807) is 0 Å². The molecule has 2 aromatic rings. The van der Waals surface area contributed by atoms with Gasteiger partial charge in [0, 0.05) is 30.2 Å². The van der Waals surface area contributed by atoms with E-state index in [4.69, 9.17) is 0 Å². The lowest BCUT2D eigenvalue weighted by molar-refractivity contribution is -0.131. The molecule has 2 heterocycles. The van der Waals surface area contributed by atoms with Gasteiger partial charge < -0.3 is 9.88 Å². The predicted molar refractivity (Wildman–Crippen MR) is 81.6 cm³/mol. The largest absolute Gasteiger partial charge is 0.361 e. The number of carbonyl (C=O) groups excluding carboxylic acids is 1. The summed E-state index contributed by atoms with van der Waals surface area (Å²) in [6.45, 7) is 4.10. The van der Waals surface area contributed by atoms with E-state index in [0.717, 1.165) is 42.9 Å². The quantitative estimate of drug-likeness (QED) is 0.912. The summed E-state index contributed by atoms with van der Waals surface area (Å²) < 4.78 is 0. The van der Waals surface area contributed by atoms with Crippen LogP contribution in [0.5, 0.6) is 0 Å². The van der Waals surface area contributed by atoms with Crippen molar-refractivity contribution in [3.63, 3.8) is 0 Å². The van der Waals surface area contributed by atoms with Crippen molar-refractivity contribution in [3.05, 3.63) is 36.0 Å². The molecule has 1 aliphatic heterocycles. The van der Waals surface area contributed by atoms with Gasteiger partial charge in [-0.2, -0.15) is 0 Å². The molecule has 1 saturated heterocycles. The monoisotopic (exact) mass is 270 g/mol. The van der Waals surface area contributed by atoms with Crippen LogP contribution in [0.4, 0.5) is 0 Å². The fourth-order valence-corrected chi connectivity index (χ4v) is 3.14. The lowest BCUT2D eigenvalue weighted by atomic mass is 9.94. The van der Waals surface area contributed by atoms with Crippen molar-refractivity contribution in [3.8, 4) is 0 Å². The van der Waals surface area contributed by atoms with Crippen LogP contribution >= 0.6 is 0 Å². The smallest absolute Gasteiger partial charge is 0.227 e. The number of hydrogen-bond acceptors (Lipinski definition) is 1. The molecule has 0 unspecified atom stereocenters. The molecule has 0 saturated carbocycles. The SMILES string of the molecule is CCC1CCN(C(=O)Cc2c[nH]c3ccccc23)CC1. The molecule has 106 valence electrons. The molecule has 0 radical (unpaired) electrons. The highest BCUT2D eigenvalue weighted by molar-refractivity contribution is 5.88. The molecule has 0 aliphatic carbocycles. The number of benzene rings is 1. The number of rotatable bonds is 3. The summed E-state index contributed by atoms with van der Waals surface area (Å²) in [5.74, 6) is 1.08. The first kappa shape index (κ1) is 13.2. The second kappa shape index (κ2) is 5.70. The summed E-state index contributed by atoms with van der Waals surface area (Å²) in [5.41, 5.74) is 2.23. The Morgan fingerprint density at radius 3 is 2.80 bits per heavy atom. The lowest BCUT2D eigenvalue weighted by Gasteiger charge is -2.31. The summed E-state index contributed by atoms with van der Waals surface area (Å²) in [6.07, 6.45) is 6.05. The maximum Gasteiger partial charge on any atom is 0.227 e. The number of carbonyl (C=O) groups is 1. The van der Waals surface area contributed by atoms with E-state index in [9.17, 15) is 4.79 Å². The predicted octanol–water partition coefficient (Wildman–Crippen LogP) is 3.36. The maximum atomic E-state index is 12.4. The molecule has 3 rings (SSSR count). The number of likely N-dealkylation sites (tertiary alicyclic amines) is 1. The Kier molecular flexibility index (Phi) is 3.77.